The van der Waals surface area contributed by atoms with Crippen molar-refractivity contribution < 1.29 is 19.0 Å². The number of fused-ring (bicyclic) bond motifs is 1. The molecular weight excluding hydrogens is 408 g/mol. The average Bonchev–Trinajstić information content (AvgIpc) is 2.99. The van der Waals surface area contributed by atoms with Gasteiger partial charge in [-0.25, -0.2) is 4.98 Å². The van der Waals surface area contributed by atoms with E-state index in [4.69, 9.17) is 25.8 Å². The van der Waals surface area contributed by atoms with Gasteiger partial charge in [0.05, 0.1) is 30.5 Å². The van der Waals surface area contributed by atoms with E-state index in [1.54, 1.807) is 6.20 Å². The van der Waals surface area contributed by atoms with E-state index in [2.05, 4.69) is 15.3 Å². The maximum absolute atomic E-state index is 11.1. The van der Waals surface area contributed by atoms with Crippen LogP contribution in [0.5, 0.6) is 11.9 Å². The minimum Gasteiger partial charge on any atom is -0.474 e. The second kappa shape index (κ2) is 9.83. The number of nitrogens with zero attached hydrogens (tertiary/aromatic N) is 3. The third-order valence-corrected chi connectivity index (χ3v) is 5.39. The molecular formula is C21H31ClN4O4. The quantitative estimate of drug-likeness (QED) is 0.677. The van der Waals surface area contributed by atoms with Crippen LogP contribution >= 0.6 is 11.6 Å². The zero-order valence-corrected chi connectivity index (χ0v) is 19.0. The molecule has 1 atom stereocenters. The van der Waals surface area contributed by atoms with Crippen molar-refractivity contribution in [3.05, 3.63) is 11.2 Å². The van der Waals surface area contributed by atoms with Gasteiger partial charge < -0.3 is 19.5 Å². The summed E-state index contributed by atoms with van der Waals surface area (Å²) in [4.78, 5) is 19.9. The number of rotatable bonds is 8. The van der Waals surface area contributed by atoms with Crippen molar-refractivity contribution in [3.8, 4) is 11.9 Å². The Labute approximate surface area is 182 Å². The van der Waals surface area contributed by atoms with E-state index in [0.29, 0.717) is 29.0 Å². The number of ether oxygens (including phenoxy) is 3. The van der Waals surface area contributed by atoms with Gasteiger partial charge in [0.25, 0.3) is 6.01 Å². The Morgan fingerprint density at radius 3 is 2.57 bits per heavy atom. The van der Waals surface area contributed by atoms with Gasteiger partial charge in [-0.2, -0.15) is 4.98 Å². The zero-order valence-electron chi connectivity index (χ0n) is 18.3. The second-order valence-corrected chi connectivity index (χ2v) is 8.56. The fourth-order valence-electron chi connectivity index (χ4n) is 3.67. The molecule has 0 aliphatic heterocycles. The van der Waals surface area contributed by atoms with Gasteiger partial charge in [0, 0.05) is 20.0 Å². The van der Waals surface area contributed by atoms with Crippen molar-refractivity contribution in [2.45, 2.75) is 77.7 Å². The molecule has 166 valence electrons. The monoisotopic (exact) mass is 438 g/mol. The molecule has 1 amide bonds. The molecule has 0 saturated heterocycles. The molecule has 1 aliphatic rings. The maximum Gasteiger partial charge on any atom is 0.297 e. The molecule has 30 heavy (non-hydrogen) atoms. The summed E-state index contributed by atoms with van der Waals surface area (Å²) in [6, 6.07) is 0.540. The van der Waals surface area contributed by atoms with Crippen LogP contribution in [0, 0.1) is 0 Å². The Bertz CT molecular complexity index is 878. The van der Waals surface area contributed by atoms with Crippen LogP contribution in [0.2, 0.25) is 5.02 Å². The summed E-state index contributed by atoms with van der Waals surface area (Å²) in [5.74, 6) is 0.365. The van der Waals surface area contributed by atoms with Crippen molar-refractivity contribution in [2.75, 3.05) is 6.61 Å². The Morgan fingerprint density at radius 1 is 1.27 bits per heavy atom. The van der Waals surface area contributed by atoms with Crippen LogP contribution in [0.25, 0.3) is 11.0 Å². The number of imidazole rings is 1. The minimum atomic E-state index is -0.0381. The number of carbonyl (C=O) groups is 1. The maximum atomic E-state index is 11.1. The highest BCUT2D eigenvalue weighted by Crippen LogP contribution is 2.34. The number of carbonyl (C=O) groups excluding carboxylic acids is 1. The molecule has 1 aliphatic carbocycles. The Kier molecular flexibility index (Phi) is 7.41. The first kappa shape index (κ1) is 22.6. The van der Waals surface area contributed by atoms with Gasteiger partial charge in [0.2, 0.25) is 11.8 Å². The van der Waals surface area contributed by atoms with Crippen LogP contribution in [-0.4, -0.2) is 51.4 Å². The molecule has 2 aromatic heterocycles. The normalized spacial score (nSPS) is 20.4. The third-order valence-electron chi connectivity index (χ3n) is 5.05. The summed E-state index contributed by atoms with van der Waals surface area (Å²) in [5, 5.41) is 3.28. The highest BCUT2D eigenvalue weighted by molar-refractivity contribution is 6.36. The molecule has 8 nitrogen and oxygen atoms in total. The predicted molar refractivity (Wildman–Crippen MR) is 115 cm³/mol. The van der Waals surface area contributed by atoms with Crippen LogP contribution in [0.15, 0.2) is 6.20 Å². The van der Waals surface area contributed by atoms with Crippen molar-refractivity contribution >= 4 is 28.5 Å². The predicted octanol–water partition coefficient (Wildman–Crippen LogP) is 3.64. The second-order valence-electron chi connectivity index (χ2n) is 8.18. The fourth-order valence-corrected chi connectivity index (χ4v) is 3.99. The fraction of sp³-hybridized carbons (Fsp3) is 0.667. The van der Waals surface area contributed by atoms with Crippen molar-refractivity contribution in [2.24, 2.45) is 7.05 Å². The van der Waals surface area contributed by atoms with Gasteiger partial charge in [-0.15, -0.1) is 0 Å². The number of aryl methyl sites for hydroxylation is 1. The van der Waals surface area contributed by atoms with E-state index in [1.165, 1.54) is 6.92 Å². The number of pyridine rings is 1. The standard InChI is InChI=1S/C21H31ClN4O4/c1-12(2)29-20-18(22)19-17(10-23-20)25-21(26(19)5)30-16-8-6-15(7-9-16)28-11-13(3)24-14(4)27/h10,12-13,15-16H,6-9,11H2,1-5H3,(H,24,27)/t13-,15-,16-/m0/s1. The highest BCUT2D eigenvalue weighted by Gasteiger charge is 2.26. The molecule has 0 bridgehead atoms. The summed E-state index contributed by atoms with van der Waals surface area (Å²) < 4.78 is 19.7. The number of amides is 1. The number of nitrogens with one attached hydrogen (secondary N) is 1. The minimum absolute atomic E-state index is 0.0133. The molecule has 1 N–H and O–H groups in total. The van der Waals surface area contributed by atoms with Gasteiger partial charge in [0.1, 0.15) is 16.6 Å². The van der Waals surface area contributed by atoms with E-state index >= 15 is 0 Å². The summed E-state index contributed by atoms with van der Waals surface area (Å²) in [6.45, 7) is 7.84. The van der Waals surface area contributed by atoms with E-state index in [-0.39, 0.29) is 30.3 Å². The van der Waals surface area contributed by atoms with Gasteiger partial charge >= 0.3 is 0 Å². The highest BCUT2D eigenvalue weighted by atomic mass is 35.5. The first-order valence-electron chi connectivity index (χ1n) is 10.5. The van der Waals surface area contributed by atoms with E-state index in [9.17, 15) is 4.79 Å². The lowest BCUT2D eigenvalue weighted by molar-refractivity contribution is -0.120. The number of hydrogen-bond donors (Lipinski definition) is 1. The van der Waals surface area contributed by atoms with Crippen molar-refractivity contribution in [1.29, 1.82) is 0 Å². The van der Waals surface area contributed by atoms with Gasteiger partial charge in [0.15, 0.2) is 0 Å². The van der Waals surface area contributed by atoms with Gasteiger partial charge in [-0.3, -0.25) is 9.36 Å². The SMILES string of the molecule is CC(=O)N[C@@H](C)CO[C@H]1CC[C@H](Oc2nc3cnc(OC(C)C)c(Cl)c3n2C)CC1. The smallest absolute Gasteiger partial charge is 0.297 e. The average molecular weight is 439 g/mol. The van der Waals surface area contributed by atoms with E-state index in [1.807, 2.05) is 32.4 Å². The molecule has 2 heterocycles. The molecule has 1 fully saturated rings. The molecule has 9 heteroatoms. The molecule has 3 rings (SSSR count). The van der Waals surface area contributed by atoms with E-state index in [0.717, 1.165) is 31.2 Å². The van der Waals surface area contributed by atoms with Crippen LogP contribution < -0.4 is 14.8 Å². The third kappa shape index (κ3) is 5.55. The first-order valence-corrected chi connectivity index (χ1v) is 10.8. The number of hydrogen-bond acceptors (Lipinski definition) is 6. The van der Waals surface area contributed by atoms with Crippen LogP contribution in [0.1, 0.15) is 53.4 Å². The molecule has 2 aromatic rings. The van der Waals surface area contributed by atoms with Crippen molar-refractivity contribution in [1.82, 2.24) is 19.9 Å². The summed E-state index contributed by atoms with van der Waals surface area (Å²) >= 11 is 6.51. The largest absolute Gasteiger partial charge is 0.474 e. The number of aromatic nitrogens is 3. The van der Waals surface area contributed by atoms with Crippen LogP contribution in [0.4, 0.5) is 0 Å². The Morgan fingerprint density at radius 2 is 1.93 bits per heavy atom. The van der Waals surface area contributed by atoms with Gasteiger partial charge in [-0.05, 0) is 46.5 Å². The van der Waals surface area contributed by atoms with Gasteiger partial charge in [-0.1, -0.05) is 11.6 Å². The summed E-state index contributed by atoms with van der Waals surface area (Å²) in [7, 11) is 1.88. The molecule has 0 aromatic carbocycles. The lowest BCUT2D eigenvalue weighted by atomic mass is 9.95. The summed E-state index contributed by atoms with van der Waals surface area (Å²) in [6.07, 6.45) is 5.50. The number of halogens is 1. The molecule has 0 unspecified atom stereocenters. The van der Waals surface area contributed by atoms with Crippen LogP contribution in [-0.2, 0) is 16.6 Å². The molecule has 1 saturated carbocycles. The van der Waals surface area contributed by atoms with Crippen molar-refractivity contribution in [3.63, 3.8) is 0 Å². The van der Waals surface area contributed by atoms with Crippen LogP contribution in [0.3, 0.4) is 0 Å². The lowest BCUT2D eigenvalue weighted by Gasteiger charge is -2.29. The topological polar surface area (TPSA) is 87.5 Å². The zero-order chi connectivity index (χ0) is 21.8. The Balaban J connectivity index is 1.58. The van der Waals surface area contributed by atoms with E-state index < -0.39 is 0 Å². The summed E-state index contributed by atoms with van der Waals surface area (Å²) in [5.41, 5.74) is 1.43. The lowest BCUT2D eigenvalue weighted by Crippen LogP contribution is -2.37. The Hall–Kier alpha value is -2.06. The molecule has 0 radical (unpaired) electrons. The first-order chi connectivity index (χ1) is 14.2. The molecule has 0 spiro atoms.